The van der Waals surface area contributed by atoms with Crippen LogP contribution in [0.1, 0.15) is 74.1 Å². The van der Waals surface area contributed by atoms with Crippen LogP contribution < -0.4 is 0 Å². The fourth-order valence-corrected chi connectivity index (χ4v) is 3.57. The van der Waals surface area contributed by atoms with Crippen molar-refractivity contribution in [2.24, 2.45) is 5.41 Å². The van der Waals surface area contributed by atoms with Gasteiger partial charge >= 0.3 is 11.9 Å². The number of hydrogen-bond donors (Lipinski definition) is 0. The maximum Gasteiger partial charge on any atom is 0.303 e. The highest BCUT2D eigenvalue weighted by Gasteiger charge is 2.27. The summed E-state index contributed by atoms with van der Waals surface area (Å²) in [5, 5.41) is 0. The molecule has 0 radical (unpaired) electrons. The van der Waals surface area contributed by atoms with Crippen LogP contribution >= 0.6 is 0 Å². The van der Waals surface area contributed by atoms with Gasteiger partial charge in [-0.2, -0.15) is 0 Å². The Balaban J connectivity index is 2.91. The molecule has 1 rings (SSSR count). The highest BCUT2D eigenvalue weighted by Crippen LogP contribution is 2.42. The van der Waals surface area contributed by atoms with E-state index in [-0.39, 0.29) is 24.0 Å². The zero-order valence-electron chi connectivity index (χ0n) is 18.6. The van der Waals surface area contributed by atoms with Crippen molar-refractivity contribution in [3.63, 3.8) is 0 Å². The second kappa shape index (κ2) is 11.0. The molecule has 0 aliphatic heterocycles. The number of rotatable bonds is 8. The third kappa shape index (κ3) is 8.28. The van der Waals surface area contributed by atoms with E-state index in [1.165, 1.54) is 44.3 Å². The van der Waals surface area contributed by atoms with Crippen LogP contribution in [0.25, 0.3) is 0 Å². The van der Waals surface area contributed by atoms with E-state index in [1.807, 2.05) is 32.1 Å². The minimum atomic E-state index is -0.401. The van der Waals surface area contributed by atoms with Gasteiger partial charge in [0.05, 0.1) is 0 Å². The van der Waals surface area contributed by atoms with Crippen molar-refractivity contribution in [1.82, 2.24) is 0 Å². The predicted molar refractivity (Wildman–Crippen MR) is 114 cm³/mol. The van der Waals surface area contributed by atoms with Gasteiger partial charge in [-0.3, -0.25) is 9.59 Å². The number of carbonyl (C=O) groups excluding carboxylic acids is 2. The van der Waals surface area contributed by atoms with Gasteiger partial charge in [0, 0.05) is 13.8 Å². The van der Waals surface area contributed by atoms with Gasteiger partial charge in [-0.05, 0) is 69.6 Å². The molecule has 156 valence electrons. The summed E-state index contributed by atoms with van der Waals surface area (Å²) in [6, 6.07) is 0. The first-order valence-electron chi connectivity index (χ1n) is 10.0. The molecular formula is C24H36O4. The molecule has 4 nitrogen and oxygen atoms in total. The molecule has 0 saturated heterocycles. The first-order valence-corrected chi connectivity index (χ1v) is 10.0. The third-order valence-electron chi connectivity index (χ3n) is 5.28. The number of esters is 2. The van der Waals surface area contributed by atoms with Gasteiger partial charge in [-0.25, -0.2) is 0 Å². The van der Waals surface area contributed by atoms with Crippen molar-refractivity contribution >= 4 is 11.9 Å². The molecule has 1 aliphatic carbocycles. The Hall–Kier alpha value is -2.10. The van der Waals surface area contributed by atoms with Crippen LogP contribution in [0.15, 0.2) is 46.6 Å². The van der Waals surface area contributed by atoms with E-state index in [0.717, 1.165) is 17.6 Å². The lowest BCUT2D eigenvalue weighted by atomic mass is 9.71. The lowest BCUT2D eigenvalue weighted by Crippen LogP contribution is -2.20. The molecule has 0 aromatic heterocycles. The zero-order valence-corrected chi connectivity index (χ0v) is 18.6. The summed E-state index contributed by atoms with van der Waals surface area (Å²) in [6.45, 7) is 13.8. The Morgan fingerprint density at radius 3 is 2.36 bits per heavy atom. The monoisotopic (exact) mass is 388 g/mol. The summed E-state index contributed by atoms with van der Waals surface area (Å²) < 4.78 is 10.4. The van der Waals surface area contributed by atoms with Crippen LogP contribution in [0.3, 0.4) is 0 Å². The molecule has 0 heterocycles. The minimum Gasteiger partial charge on any atom is -0.462 e. The van der Waals surface area contributed by atoms with Gasteiger partial charge in [0.1, 0.15) is 12.7 Å². The van der Waals surface area contributed by atoms with E-state index in [4.69, 9.17) is 9.47 Å². The minimum absolute atomic E-state index is 0.224. The topological polar surface area (TPSA) is 52.6 Å². The van der Waals surface area contributed by atoms with Gasteiger partial charge in [-0.15, -0.1) is 0 Å². The molecule has 1 aliphatic rings. The Morgan fingerprint density at radius 1 is 1.11 bits per heavy atom. The fourth-order valence-electron chi connectivity index (χ4n) is 3.57. The molecule has 0 aromatic carbocycles. The van der Waals surface area contributed by atoms with Crippen molar-refractivity contribution in [1.29, 1.82) is 0 Å². The second-order valence-corrected chi connectivity index (χ2v) is 8.29. The number of ether oxygens (including phenoxy) is 2. The van der Waals surface area contributed by atoms with E-state index >= 15 is 0 Å². The lowest BCUT2D eigenvalue weighted by molar-refractivity contribution is -0.143. The van der Waals surface area contributed by atoms with E-state index in [1.54, 1.807) is 0 Å². The Kier molecular flexibility index (Phi) is 9.44. The molecule has 28 heavy (non-hydrogen) atoms. The van der Waals surface area contributed by atoms with E-state index < -0.39 is 6.10 Å². The van der Waals surface area contributed by atoms with Crippen LogP contribution in [0.2, 0.25) is 0 Å². The Bertz CT molecular complexity index is 689. The highest BCUT2D eigenvalue weighted by molar-refractivity contribution is 5.67. The lowest BCUT2D eigenvalue weighted by Gasteiger charge is -2.34. The van der Waals surface area contributed by atoms with Crippen LogP contribution in [-0.2, 0) is 19.1 Å². The normalized spacial score (nSPS) is 19.0. The van der Waals surface area contributed by atoms with Crippen molar-refractivity contribution in [2.45, 2.75) is 80.3 Å². The van der Waals surface area contributed by atoms with Gasteiger partial charge < -0.3 is 9.47 Å². The second-order valence-electron chi connectivity index (χ2n) is 8.29. The number of hydrogen-bond acceptors (Lipinski definition) is 4. The standard InChI is InChI=1S/C24H36O4/c1-17(14-16-27-20(4)25)10-13-23(28-21(5)26)19(3)11-12-22-18(2)9-8-15-24(22,6)7/h10-11,13-14,23H,8-9,12,15-16H2,1-7H3. The van der Waals surface area contributed by atoms with Gasteiger partial charge in [0.25, 0.3) is 0 Å². The summed E-state index contributed by atoms with van der Waals surface area (Å²) in [5.41, 5.74) is 5.17. The Morgan fingerprint density at radius 2 is 1.79 bits per heavy atom. The van der Waals surface area contributed by atoms with Crippen LogP contribution in [0.4, 0.5) is 0 Å². The highest BCUT2D eigenvalue weighted by atomic mass is 16.5. The molecule has 0 bridgehead atoms. The zero-order chi connectivity index (χ0) is 21.3. The first-order chi connectivity index (χ1) is 13.0. The van der Waals surface area contributed by atoms with Crippen molar-refractivity contribution < 1.29 is 19.1 Å². The van der Waals surface area contributed by atoms with E-state index in [0.29, 0.717) is 0 Å². The van der Waals surface area contributed by atoms with Crippen LogP contribution in [0, 0.1) is 5.41 Å². The average Bonchev–Trinajstić information content (AvgIpc) is 2.56. The molecule has 0 spiro atoms. The molecule has 4 heteroatoms. The summed E-state index contributed by atoms with van der Waals surface area (Å²) in [5.74, 6) is -0.614. The van der Waals surface area contributed by atoms with Crippen molar-refractivity contribution in [2.75, 3.05) is 6.61 Å². The molecule has 1 atom stereocenters. The van der Waals surface area contributed by atoms with Crippen LogP contribution in [-0.4, -0.2) is 24.6 Å². The SMILES string of the molecule is CC(=O)OCC=C(C)C=CC(OC(C)=O)C(C)=CCC1=C(C)CCCC1(C)C. The van der Waals surface area contributed by atoms with Crippen LogP contribution in [0.5, 0.6) is 0 Å². The maximum atomic E-state index is 11.5. The summed E-state index contributed by atoms with van der Waals surface area (Å²) in [7, 11) is 0. The van der Waals surface area contributed by atoms with E-state index in [2.05, 4.69) is 26.8 Å². The molecule has 0 fully saturated rings. The van der Waals surface area contributed by atoms with E-state index in [9.17, 15) is 9.59 Å². The number of carbonyl (C=O) groups is 2. The van der Waals surface area contributed by atoms with Gasteiger partial charge in [-0.1, -0.05) is 42.7 Å². The van der Waals surface area contributed by atoms with Gasteiger partial charge in [0.2, 0.25) is 0 Å². The molecule has 0 amide bonds. The third-order valence-corrected chi connectivity index (χ3v) is 5.28. The first kappa shape index (κ1) is 23.9. The summed E-state index contributed by atoms with van der Waals surface area (Å²) >= 11 is 0. The number of allylic oxidation sites excluding steroid dienone is 5. The molecule has 0 aromatic rings. The summed E-state index contributed by atoms with van der Waals surface area (Å²) in [6.07, 6.45) is 11.9. The molecule has 1 unspecified atom stereocenters. The maximum absolute atomic E-state index is 11.5. The largest absolute Gasteiger partial charge is 0.462 e. The van der Waals surface area contributed by atoms with Crippen molar-refractivity contribution in [3.8, 4) is 0 Å². The Labute approximate surface area is 170 Å². The molecule has 0 N–H and O–H groups in total. The molecule has 0 saturated carbocycles. The smallest absolute Gasteiger partial charge is 0.303 e. The fraction of sp³-hybridized carbons (Fsp3) is 0.583. The molecular weight excluding hydrogens is 352 g/mol. The quantitative estimate of drug-likeness (QED) is 0.297. The van der Waals surface area contributed by atoms with Crippen molar-refractivity contribution in [3.05, 3.63) is 46.6 Å². The average molecular weight is 389 g/mol. The summed E-state index contributed by atoms with van der Waals surface area (Å²) in [4.78, 5) is 22.4. The predicted octanol–water partition coefficient (Wildman–Crippen LogP) is 5.85. The van der Waals surface area contributed by atoms with Gasteiger partial charge in [0.15, 0.2) is 0 Å².